The lowest BCUT2D eigenvalue weighted by atomic mass is 9.97. The van der Waals surface area contributed by atoms with Gasteiger partial charge in [-0.1, -0.05) is 22.0 Å². The van der Waals surface area contributed by atoms with E-state index in [1.807, 2.05) is 18.2 Å². The average molecular weight is 342 g/mol. The molecule has 1 aliphatic rings. The molecule has 100 valence electrons. The summed E-state index contributed by atoms with van der Waals surface area (Å²) in [5.41, 5.74) is 1.45. The maximum Gasteiger partial charge on any atom is 0.169 e. The van der Waals surface area contributed by atoms with Crippen molar-refractivity contribution in [1.29, 1.82) is 0 Å². The third-order valence-corrected chi connectivity index (χ3v) is 5.95. The molecule has 2 heterocycles. The summed E-state index contributed by atoms with van der Waals surface area (Å²) in [6, 6.07) is 5.65. The minimum Gasteiger partial charge on any atom is -0.360 e. The Morgan fingerprint density at radius 3 is 2.84 bits per heavy atom. The van der Waals surface area contributed by atoms with Gasteiger partial charge in [0.05, 0.1) is 11.5 Å². The number of hydrogen-bond donors (Lipinski definition) is 1. The monoisotopic (exact) mass is 341 g/mol. The molecule has 0 saturated carbocycles. The van der Waals surface area contributed by atoms with Crippen LogP contribution in [-0.4, -0.2) is 30.7 Å². The molecule has 0 amide bonds. The Hall–Kier alpha value is -1.14. The number of benzene rings is 1. The first-order valence-electron chi connectivity index (χ1n) is 5.98. The molecule has 1 fully saturated rings. The second-order valence-electron chi connectivity index (χ2n) is 4.83. The van der Waals surface area contributed by atoms with Gasteiger partial charge in [0.25, 0.3) is 0 Å². The van der Waals surface area contributed by atoms with Crippen molar-refractivity contribution in [3.05, 3.63) is 34.4 Å². The second kappa shape index (κ2) is 4.45. The molecule has 1 saturated heterocycles. The van der Waals surface area contributed by atoms with Gasteiger partial charge in [0, 0.05) is 33.1 Å². The molecule has 2 aromatic rings. The highest BCUT2D eigenvalue weighted by molar-refractivity contribution is 9.10. The molecule has 1 aliphatic heterocycles. The molecular weight excluding hydrogens is 330 g/mol. The van der Waals surface area contributed by atoms with Crippen LogP contribution >= 0.6 is 15.9 Å². The van der Waals surface area contributed by atoms with Gasteiger partial charge in [-0.15, -0.1) is 0 Å². The van der Waals surface area contributed by atoms with E-state index in [0.717, 1.165) is 15.4 Å². The van der Waals surface area contributed by atoms with Crippen LogP contribution < -0.4 is 0 Å². The lowest BCUT2D eigenvalue weighted by Crippen LogP contribution is -2.16. The molecule has 4 nitrogen and oxygen atoms in total. The molecule has 1 unspecified atom stereocenters. The first kappa shape index (κ1) is 12.9. The van der Waals surface area contributed by atoms with Gasteiger partial charge >= 0.3 is 0 Å². The highest BCUT2D eigenvalue weighted by Crippen LogP contribution is 2.31. The second-order valence-corrected chi connectivity index (χ2v) is 7.91. The molecule has 6 heteroatoms. The van der Waals surface area contributed by atoms with Crippen molar-refractivity contribution in [3.63, 3.8) is 0 Å². The fourth-order valence-electron chi connectivity index (χ4n) is 2.56. The molecule has 1 aromatic carbocycles. The number of sulfone groups is 1. The Kier molecular flexibility index (Phi) is 3.02. The van der Waals surface area contributed by atoms with Crippen LogP contribution in [0, 0.1) is 5.92 Å². The lowest BCUT2D eigenvalue weighted by Gasteiger charge is -2.06. The summed E-state index contributed by atoms with van der Waals surface area (Å²) >= 11 is 3.44. The summed E-state index contributed by atoms with van der Waals surface area (Å²) in [4.78, 5) is 15.5. The fraction of sp³-hybridized carbons (Fsp3) is 0.308. The first-order valence-corrected chi connectivity index (χ1v) is 8.59. The van der Waals surface area contributed by atoms with Crippen LogP contribution in [0.25, 0.3) is 10.9 Å². The topological polar surface area (TPSA) is 67.0 Å². The number of carbonyl (C=O) groups excluding carboxylic acids is 1. The largest absolute Gasteiger partial charge is 0.360 e. The fourth-order valence-corrected chi connectivity index (χ4v) is 4.88. The SMILES string of the molecule is O=C(c1c[nH]c2cccc(Br)c12)C1CCS(=O)(=O)C1. The van der Waals surface area contributed by atoms with Gasteiger partial charge in [-0.3, -0.25) is 4.79 Å². The molecule has 3 rings (SSSR count). The number of aromatic nitrogens is 1. The molecule has 1 N–H and O–H groups in total. The van der Waals surface area contributed by atoms with E-state index in [1.54, 1.807) is 6.20 Å². The number of carbonyl (C=O) groups is 1. The van der Waals surface area contributed by atoms with Crippen LogP contribution in [0.5, 0.6) is 0 Å². The van der Waals surface area contributed by atoms with Gasteiger partial charge < -0.3 is 4.98 Å². The van der Waals surface area contributed by atoms with Gasteiger partial charge in [-0.2, -0.15) is 0 Å². The number of aromatic amines is 1. The Morgan fingerprint density at radius 1 is 1.37 bits per heavy atom. The summed E-state index contributed by atoms with van der Waals surface area (Å²) in [7, 11) is -3.04. The standard InChI is InChI=1S/C13H12BrNO3S/c14-10-2-1-3-11-12(10)9(6-15-11)13(16)8-4-5-19(17,18)7-8/h1-3,6,8,15H,4-5,7H2. The van der Waals surface area contributed by atoms with Crippen molar-refractivity contribution in [2.45, 2.75) is 6.42 Å². The van der Waals surface area contributed by atoms with E-state index in [-0.39, 0.29) is 17.3 Å². The van der Waals surface area contributed by atoms with Crippen LogP contribution in [0.3, 0.4) is 0 Å². The maximum absolute atomic E-state index is 12.5. The molecule has 0 aliphatic carbocycles. The number of Topliss-reactive ketones (excluding diaryl/α,β-unsaturated/α-hetero) is 1. The van der Waals surface area contributed by atoms with Gasteiger partial charge in [0.1, 0.15) is 0 Å². The summed E-state index contributed by atoms with van der Waals surface area (Å²) in [6.45, 7) is 0. The lowest BCUT2D eigenvalue weighted by molar-refractivity contribution is 0.0935. The summed E-state index contributed by atoms with van der Waals surface area (Å²) in [5.74, 6) is -0.397. The molecule has 19 heavy (non-hydrogen) atoms. The minimum atomic E-state index is -3.04. The Bertz CT molecular complexity index is 763. The quantitative estimate of drug-likeness (QED) is 0.853. The zero-order valence-corrected chi connectivity index (χ0v) is 12.4. The average Bonchev–Trinajstić information content (AvgIpc) is 2.92. The van der Waals surface area contributed by atoms with Crippen LogP contribution in [0.2, 0.25) is 0 Å². The highest BCUT2D eigenvalue weighted by Gasteiger charge is 2.34. The number of rotatable bonds is 2. The minimum absolute atomic E-state index is 0.0248. The molecular formula is C13H12BrNO3S. The Labute approximate surface area is 119 Å². The molecule has 0 radical (unpaired) electrons. The van der Waals surface area contributed by atoms with Gasteiger partial charge in [0.2, 0.25) is 0 Å². The number of H-pyrrole nitrogens is 1. The van der Waals surface area contributed by atoms with Crippen molar-refractivity contribution in [2.75, 3.05) is 11.5 Å². The summed E-state index contributed by atoms with van der Waals surface area (Å²) in [5, 5.41) is 0.830. The van der Waals surface area contributed by atoms with E-state index in [2.05, 4.69) is 20.9 Å². The van der Waals surface area contributed by atoms with E-state index in [4.69, 9.17) is 0 Å². The third-order valence-electron chi connectivity index (χ3n) is 3.52. The number of halogens is 1. The van der Waals surface area contributed by atoms with Gasteiger partial charge in [0.15, 0.2) is 15.6 Å². The van der Waals surface area contributed by atoms with Gasteiger partial charge in [-0.25, -0.2) is 8.42 Å². The van der Waals surface area contributed by atoms with E-state index < -0.39 is 15.8 Å². The van der Waals surface area contributed by atoms with Crippen LogP contribution in [0.15, 0.2) is 28.9 Å². The molecule has 1 aromatic heterocycles. The van der Waals surface area contributed by atoms with E-state index >= 15 is 0 Å². The third kappa shape index (κ3) is 2.23. The normalized spacial score (nSPS) is 21.8. The number of hydrogen-bond acceptors (Lipinski definition) is 3. The Balaban J connectivity index is 2.04. The number of fused-ring (bicyclic) bond motifs is 1. The summed E-state index contributed by atoms with van der Waals surface area (Å²) < 4.78 is 23.8. The van der Waals surface area contributed by atoms with Crippen LogP contribution in [0.1, 0.15) is 16.8 Å². The van der Waals surface area contributed by atoms with Crippen molar-refractivity contribution in [1.82, 2.24) is 4.98 Å². The number of ketones is 1. The van der Waals surface area contributed by atoms with Crippen molar-refractivity contribution in [2.24, 2.45) is 5.92 Å². The maximum atomic E-state index is 12.5. The van der Waals surface area contributed by atoms with Crippen LogP contribution in [0.4, 0.5) is 0 Å². The van der Waals surface area contributed by atoms with Crippen molar-refractivity contribution < 1.29 is 13.2 Å². The number of nitrogens with one attached hydrogen (secondary N) is 1. The van der Waals surface area contributed by atoms with E-state index in [9.17, 15) is 13.2 Å². The first-order chi connectivity index (χ1) is 8.98. The van der Waals surface area contributed by atoms with Crippen molar-refractivity contribution >= 4 is 42.5 Å². The summed E-state index contributed by atoms with van der Waals surface area (Å²) in [6.07, 6.45) is 2.10. The van der Waals surface area contributed by atoms with E-state index in [1.165, 1.54) is 0 Å². The van der Waals surface area contributed by atoms with Crippen molar-refractivity contribution in [3.8, 4) is 0 Å². The predicted molar refractivity (Wildman–Crippen MR) is 77.1 cm³/mol. The smallest absolute Gasteiger partial charge is 0.169 e. The van der Waals surface area contributed by atoms with E-state index in [0.29, 0.717) is 12.0 Å². The van der Waals surface area contributed by atoms with Crippen LogP contribution in [-0.2, 0) is 9.84 Å². The highest BCUT2D eigenvalue weighted by atomic mass is 79.9. The predicted octanol–water partition coefficient (Wildman–Crippen LogP) is 2.55. The molecule has 1 atom stereocenters. The van der Waals surface area contributed by atoms with Gasteiger partial charge in [-0.05, 0) is 18.6 Å². The zero-order valence-electron chi connectivity index (χ0n) is 10.0. The molecule has 0 spiro atoms. The zero-order chi connectivity index (χ0) is 13.6. The molecule has 0 bridgehead atoms. The Morgan fingerprint density at radius 2 is 2.16 bits per heavy atom.